The van der Waals surface area contributed by atoms with Gasteiger partial charge in [0.1, 0.15) is 18.2 Å². The van der Waals surface area contributed by atoms with Gasteiger partial charge >= 0.3 is 5.97 Å². The van der Waals surface area contributed by atoms with Crippen LogP contribution in [0.3, 0.4) is 0 Å². The zero-order valence-corrected chi connectivity index (χ0v) is 22.0. The first-order valence-corrected chi connectivity index (χ1v) is 13.7. The van der Waals surface area contributed by atoms with Crippen molar-refractivity contribution in [2.24, 2.45) is 4.99 Å². The summed E-state index contributed by atoms with van der Waals surface area (Å²) in [5, 5.41) is 18.1. The molecule has 1 aliphatic rings. The Kier molecular flexibility index (Phi) is 6.44. The quantitative estimate of drug-likeness (QED) is 0.243. The summed E-state index contributed by atoms with van der Waals surface area (Å²) in [7, 11) is -1.59. The summed E-state index contributed by atoms with van der Waals surface area (Å²) in [6, 6.07) is 14.4. The van der Waals surface area contributed by atoms with Gasteiger partial charge in [0.2, 0.25) is 5.96 Å². The fourth-order valence-corrected chi connectivity index (χ4v) is 4.94. The van der Waals surface area contributed by atoms with Gasteiger partial charge in [-0.3, -0.25) is 15.2 Å². The number of aromatic carboxylic acids is 1. The van der Waals surface area contributed by atoms with Crippen molar-refractivity contribution in [3.05, 3.63) is 83.1 Å². The maximum atomic E-state index is 13.2. The molecule has 0 saturated carbocycles. The maximum Gasteiger partial charge on any atom is 0.336 e. The first-order chi connectivity index (χ1) is 18.5. The molecule has 1 aliphatic heterocycles. The highest BCUT2D eigenvalue weighted by atomic mass is 32.2. The van der Waals surface area contributed by atoms with Crippen LogP contribution in [0.1, 0.15) is 33.5 Å². The second-order valence-electron chi connectivity index (χ2n) is 9.04. The van der Waals surface area contributed by atoms with E-state index in [1.807, 2.05) is 0 Å². The Hall–Kier alpha value is -4.91. The number of carboxylic acid groups (broad SMARTS) is 1. The minimum Gasteiger partial charge on any atom is -0.478 e. The number of H-pyrrole nitrogens is 1. The van der Waals surface area contributed by atoms with Crippen molar-refractivity contribution in [2.45, 2.75) is 18.4 Å². The van der Waals surface area contributed by atoms with Gasteiger partial charge in [-0.05, 0) is 48.0 Å². The lowest BCUT2D eigenvalue weighted by Crippen LogP contribution is -2.54. The molecule has 39 heavy (non-hydrogen) atoms. The topological polar surface area (TPSA) is 169 Å². The predicted octanol–water partition coefficient (Wildman–Crippen LogP) is 2.33. The highest BCUT2D eigenvalue weighted by Crippen LogP contribution is 2.23. The molecular weight excluding hydrogens is 522 g/mol. The first kappa shape index (κ1) is 25.7. The van der Waals surface area contributed by atoms with E-state index >= 15 is 0 Å². The second-order valence-corrected chi connectivity index (χ2v) is 11.1. The fraction of sp³-hybridized carbons (Fsp3) is 0.154. The number of sulfone groups is 1. The molecule has 4 aromatic rings. The number of nitrogens with zero attached hydrogens (tertiary/aromatic N) is 3. The standard InChI is InChI=1S/C26H25N7O5S/c1-14-23(30-24(34)18-8-4-7-17-16(18)6-5-9-19(17)25(35)36)31-26(33(2)32-14)27-13-22-28-20-11-10-15(39(3,37)38)12-21(20)29-22/h4-12,32H,13H2,1-3H3,(H,27,31)(H,28,29)(H,30,34)(H,35,36). The molecule has 5 rings (SSSR count). The van der Waals surface area contributed by atoms with Gasteiger partial charge in [0.25, 0.3) is 5.91 Å². The molecule has 0 radical (unpaired) electrons. The van der Waals surface area contributed by atoms with E-state index in [1.165, 1.54) is 18.2 Å². The van der Waals surface area contributed by atoms with Crippen molar-refractivity contribution in [2.75, 3.05) is 13.3 Å². The van der Waals surface area contributed by atoms with E-state index in [0.717, 1.165) is 6.26 Å². The molecule has 0 atom stereocenters. The number of aromatic nitrogens is 2. The number of benzene rings is 3. The molecule has 12 nitrogen and oxygen atoms in total. The molecule has 2 heterocycles. The number of hydrogen-bond acceptors (Lipinski definition) is 7. The Bertz CT molecular complexity index is 1830. The van der Waals surface area contributed by atoms with Crippen LogP contribution in [-0.2, 0) is 16.4 Å². The average molecular weight is 548 g/mol. The molecule has 0 fully saturated rings. The smallest absolute Gasteiger partial charge is 0.336 e. The highest BCUT2D eigenvalue weighted by Gasteiger charge is 2.22. The Labute approximate surface area is 223 Å². The third kappa shape index (κ3) is 5.11. The fourth-order valence-electron chi connectivity index (χ4n) is 4.29. The molecule has 0 unspecified atom stereocenters. The Balaban J connectivity index is 1.36. The second kappa shape index (κ2) is 9.76. The van der Waals surface area contributed by atoms with Crippen molar-refractivity contribution in [3.8, 4) is 0 Å². The summed E-state index contributed by atoms with van der Waals surface area (Å²) in [5.74, 6) is -0.182. The number of hydrazine groups is 1. The van der Waals surface area contributed by atoms with Gasteiger partial charge in [-0.15, -0.1) is 0 Å². The molecule has 5 N–H and O–H groups in total. The molecular formula is C26H25N7O5S. The van der Waals surface area contributed by atoms with Gasteiger partial charge in [0.15, 0.2) is 9.84 Å². The van der Waals surface area contributed by atoms with Crippen LogP contribution in [0.4, 0.5) is 0 Å². The maximum absolute atomic E-state index is 13.2. The van der Waals surface area contributed by atoms with E-state index in [-0.39, 0.29) is 17.0 Å². The number of carboxylic acids is 1. The van der Waals surface area contributed by atoms with Gasteiger partial charge in [-0.25, -0.2) is 23.2 Å². The van der Waals surface area contributed by atoms with Gasteiger partial charge in [-0.1, -0.05) is 24.3 Å². The summed E-state index contributed by atoms with van der Waals surface area (Å²) in [6.45, 7) is 1.93. The van der Waals surface area contributed by atoms with E-state index in [4.69, 9.17) is 0 Å². The summed E-state index contributed by atoms with van der Waals surface area (Å²) < 4.78 is 23.7. The molecule has 0 spiro atoms. The van der Waals surface area contributed by atoms with Crippen LogP contribution in [0.15, 0.2) is 76.0 Å². The molecule has 0 bridgehead atoms. The summed E-state index contributed by atoms with van der Waals surface area (Å²) >= 11 is 0. The van der Waals surface area contributed by atoms with E-state index in [1.54, 1.807) is 55.4 Å². The SMILES string of the molecule is CC1=C(NC(=O)c2cccc3c(C(=O)O)cccc23)NC(=NCc2nc3ccc(S(C)(=O)=O)cc3[nH]2)N(C)N1. The largest absolute Gasteiger partial charge is 0.478 e. The van der Waals surface area contributed by atoms with Crippen LogP contribution in [0, 0.1) is 0 Å². The number of guanidine groups is 1. The van der Waals surface area contributed by atoms with Crippen LogP contribution in [0.5, 0.6) is 0 Å². The highest BCUT2D eigenvalue weighted by molar-refractivity contribution is 7.90. The Morgan fingerprint density at radius 3 is 2.46 bits per heavy atom. The predicted molar refractivity (Wildman–Crippen MR) is 145 cm³/mol. The van der Waals surface area contributed by atoms with Crippen LogP contribution < -0.4 is 16.1 Å². The van der Waals surface area contributed by atoms with Gasteiger partial charge in [-0.2, -0.15) is 0 Å². The number of nitrogens with one attached hydrogen (secondary N) is 4. The minimum absolute atomic E-state index is 0.115. The number of carbonyl (C=O) groups is 2. The van der Waals surface area contributed by atoms with Gasteiger partial charge in [0, 0.05) is 18.9 Å². The third-order valence-corrected chi connectivity index (χ3v) is 7.32. The normalized spacial score (nSPS) is 14.9. The number of aliphatic imine (C=N–C) groups is 1. The van der Waals surface area contributed by atoms with E-state index < -0.39 is 21.7 Å². The lowest BCUT2D eigenvalue weighted by atomic mass is 9.99. The zero-order chi connectivity index (χ0) is 27.9. The third-order valence-electron chi connectivity index (χ3n) is 6.21. The molecule has 0 saturated heterocycles. The van der Waals surface area contributed by atoms with Crippen molar-refractivity contribution >= 4 is 49.5 Å². The van der Waals surface area contributed by atoms with Crippen molar-refractivity contribution in [1.82, 2.24) is 31.0 Å². The molecule has 200 valence electrons. The molecule has 1 amide bonds. The number of aromatic amines is 1. The van der Waals surface area contributed by atoms with Crippen molar-refractivity contribution in [3.63, 3.8) is 0 Å². The number of hydrogen-bond donors (Lipinski definition) is 5. The number of imidazole rings is 1. The van der Waals surface area contributed by atoms with Crippen molar-refractivity contribution < 1.29 is 23.1 Å². The van der Waals surface area contributed by atoms with Crippen LogP contribution in [-0.4, -0.2) is 59.6 Å². The number of amides is 1. The van der Waals surface area contributed by atoms with Gasteiger partial charge < -0.3 is 20.7 Å². The summed E-state index contributed by atoms with van der Waals surface area (Å²) in [6.07, 6.45) is 1.15. The molecule has 0 aliphatic carbocycles. The van der Waals surface area contributed by atoms with Gasteiger partial charge in [0.05, 0.1) is 27.2 Å². The lowest BCUT2D eigenvalue weighted by molar-refractivity contribution is 0.0698. The number of carbonyl (C=O) groups excluding carboxylic acids is 1. The first-order valence-electron chi connectivity index (χ1n) is 11.8. The lowest BCUT2D eigenvalue weighted by Gasteiger charge is -2.31. The number of rotatable bonds is 6. The average Bonchev–Trinajstić information content (AvgIpc) is 3.30. The zero-order valence-electron chi connectivity index (χ0n) is 21.2. The summed E-state index contributed by atoms with van der Waals surface area (Å²) in [4.78, 5) is 37.2. The number of allylic oxidation sites excluding steroid dienone is 1. The summed E-state index contributed by atoms with van der Waals surface area (Å²) in [5.41, 5.74) is 5.39. The van der Waals surface area contributed by atoms with Crippen LogP contribution >= 0.6 is 0 Å². The molecule has 1 aromatic heterocycles. The minimum atomic E-state index is -3.35. The van der Waals surface area contributed by atoms with Crippen LogP contribution in [0.2, 0.25) is 0 Å². The van der Waals surface area contributed by atoms with Crippen LogP contribution in [0.25, 0.3) is 21.8 Å². The Morgan fingerprint density at radius 1 is 1.08 bits per heavy atom. The molecule has 3 aromatic carbocycles. The van der Waals surface area contributed by atoms with E-state index in [9.17, 15) is 23.1 Å². The van der Waals surface area contributed by atoms with Crippen molar-refractivity contribution in [1.29, 1.82) is 0 Å². The monoisotopic (exact) mass is 547 g/mol. The van der Waals surface area contributed by atoms with E-state index in [2.05, 4.69) is 31.0 Å². The van der Waals surface area contributed by atoms with E-state index in [0.29, 0.717) is 50.7 Å². The number of fused-ring (bicyclic) bond motifs is 2. The molecule has 13 heteroatoms. The Morgan fingerprint density at radius 2 is 1.77 bits per heavy atom.